The van der Waals surface area contributed by atoms with E-state index < -0.39 is 0 Å². The van der Waals surface area contributed by atoms with E-state index >= 15 is 0 Å². The van der Waals surface area contributed by atoms with Crippen molar-refractivity contribution in [3.05, 3.63) is 70.9 Å². The van der Waals surface area contributed by atoms with Gasteiger partial charge < -0.3 is 15.4 Å². The standard InChI is InChI=1S/C29H32ClN6O2P/c1-19-15-20(5-8-24(19)29(37)33-22-6-7-22)25-18-32-36-26(31-9-10-35-11-13-38-14-12-35)17-27(34-28(25)36)39-23-4-2-3-21(30)16-23/h2-5,8,15-18,22,31,39H,6-7,9-14H2,1H3,(H,33,37). The third-order valence-corrected chi connectivity index (χ3v) is 8.45. The molecule has 2 aromatic heterocycles. The first kappa shape index (κ1) is 26.2. The fraction of sp³-hybridized carbons (Fsp3) is 0.345. The first-order valence-electron chi connectivity index (χ1n) is 13.4. The van der Waals surface area contributed by atoms with Crippen molar-refractivity contribution < 1.29 is 9.53 Å². The van der Waals surface area contributed by atoms with Gasteiger partial charge in [0.05, 0.1) is 24.8 Å². The summed E-state index contributed by atoms with van der Waals surface area (Å²) in [5.41, 5.74) is 5.30. The average Bonchev–Trinajstić information content (AvgIpc) is 3.64. The molecule has 2 N–H and O–H groups in total. The average molecular weight is 563 g/mol. The third-order valence-electron chi connectivity index (χ3n) is 7.10. The molecule has 1 saturated heterocycles. The highest BCUT2D eigenvalue weighted by Crippen LogP contribution is 2.28. The number of nitrogens with one attached hydrogen (secondary N) is 2. The summed E-state index contributed by atoms with van der Waals surface area (Å²) in [5, 5.41) is 13.2. The van der Waals surface area contributed by atoms with Crippen molar-refractivity contribution in [2.75, 3.05) is 44.7 Å². The minimum Gasteiger partial charge on any atom is -0.379 e. The quantitative estimate of drug-likeness (QED) is 0.303. The lowest BCUT2D eigenvalue weighted by molar-refractivity contribution is 0.0398. The molecule has 8 nitrogen and oxygen atoms in total. The monoisotopic (exact) mass is 562 g/mol. The van der Waals surface area contributed by atoms with Crippen molar-refractivity contribution in [1.82, 2.24) is 24.8 Å². The fourth-order valence-corrected chi connectivity index (χ4v) is 6.17. The number of anilines is 1. The molecule has 1 atom stereocenters. The number of aromatic nitrogens is 3. The Bertz CT molecular complexity index is 1500. The summed E-state index contributed by atoms with van der Waals surface area (Å²) in [6.45, 7) is 7.17. The molecule has 4 aromatic rings. The maximum absolute atomic E-state index is 12.7. The van der Waals surface area contributed by atoms with Crippen LogP contribution >= 0.6 is 20.2 Å². The molecule has 3 heterocycles. The molecule has 2 fully saturated rings. The maximum Gasteiger partial charge on any atom is 0.251 e. The zero-order chi connectivity index (χ0) is 26.8. The van der Waals surface area contributed by atoms with E-state index in [1.165, 1.54) is 0 Å². The van der Waals surface area contributed by atoms with Crippen molar-refractivity contribution in [1.29, 1.82) is 0 Å². The smallest absolute Gasteiger partial charge is 0.251 e. The summed E-state index contributed by atoms with van der Waals surface area (Å²) in [4.78, 5) is 20.1. The summed E-state index contributed by atoms with van der Waals surface area (Å²) in [6.07, 6.45) is 4.00. The number of amides is 1. The summed E-state index contributed by atoms with van der Waals surface area (Å²) < 4.78 is 7.36. The van der Waals surface area contributed by atoms with Gasteiger partial charge in [0.15, 0.2) is 5.65 Å². The number of fused-ring (bicyclic) bond motifs is 1. The van der Waals surface area contributed by atoms with Crippen LogP contribution in [0.1, 0.15) is 28.8 Å². The Balaban J connectivity index is 1.31. The van der Waals surface area contributed by atoms with Crippen molar-refractivity contribution in [2.45, 2.75) is 25.8 Å². The van der Waals surface area contributed by atoms with Crippen LogP contribution in [0, 0.1) is 6.92 Å². The van der Waals surface area contributed by atoms with E-state index in [1.54, 1.807) is 0 Å². The Labute approximate surface area is 234 Å². The molecular formula is C29H32ClN6O2P. The molecule has 2 aliphatic rings. The van der Waals surface area contributed by atoms with Crippen LogP contribution in [0.4, 0.5) is 5.82 Å². The number of benzene rings is 2. The number of nitrogens with zero attached hydrogens (tertiary/aromatic N) is 4. The zero-order valence-electron chi connectivity index (χ0n) is 21.9. The Morgan fingerprint density at radius 3 is 2.77 bits per heavy atom. The molecule has 0 spiro atoms. The number of rotatable bonds is 9. The van der Waals surface area contributed by atoms with Crippen molar-refractivity contribution in [2.24, 2.45) is 0 Å². The van der Waals surface area contributed by atoms with Gasteiger partial charge in [0.1, 0.15) is 5.82 Å². The second-order valence-electron chi connectivity index (χ2n) is 10.1. The Hall–Kier alpha value is -3.03. The van der Waals surface area contributed by atoms with Gasteiger partial charge >= 0.3 is 0 Å². The highest BCUT2D eigenvalue weighted by atomic mass is 35.5. The van der Waals surface area contributed by atoms with Gasteiger partial charge in [-0.05, 0) is 63.0 Å². The zero-order valence-corrected chi connectivity index (χ0v) is 23.7. The number of hydrogen-bond donors (Lipinski definition) is 2. The molecule has 1 unspecified atom stereocenters. The lowest BCUT2D eigenvalue weighted by Gasteiger charge is -2.26. The Kier molecular flexibility index (Phi) is 7.80. The largest absolute Gasteiger partial charge is 0.379 e. The fourth-order valence-electron chi connectivity index (χ4n) is 4.81. The van der Waals surface area contributed by atoms with Crippen molar-refractivity contribution >= 4 is 48.3 Å². The molecule has 1 aliphatic carbocycles. The van der Waals surface area contributed by atoms with Crippen molar-refractivity contribution in [3.63, 3.8) is 0 Å². The first-order valence-corrected chi connectivity index (χ1v) is 14.8. The number of hydrogen-bond acceptors (Lipinski definition) is 6. The minimum atomic E-state index is -0.00342. The van der Waals surface area contributed by atoms with Crippen LogP contribution in [0.2, 0.25) is 5.02 Å². The van der Waals surface area contributed by atoms with E-state index in [0.717, 1.165) is 96.2 Å². The van der Waals surface area contributed by atoms with Gasteiger partial charge in [-0.25, -0.2) is 4.98 Å². The van der Waals surface area contributed by atoms with Crippen LogP contribution in [0.15, 0.2) is 54.7 Å². The van der Waals surface area contributed by atoms with E-state index in [2.05, 4.69) is 33.7 Å². The molecular weight excluding hydrogens is 531 g/mol. The first-order chi connectivity index (χ1) is 19.0. The highest BCUT2D eigenvalue weighted by Gasteiger charge is 2.24. The Morgan fingerprint density at radius 1 is 1.15 bits per heavy atom. The normalized spacial score (nSPS) is 16.3. The predicted octanol–water partition coefficient (Wildman–Crippen LogP) is 3.62. The number of halogens is 1. The summed E-state index contributed by atoms with van der Waals surface area (Å²) in [5.74, 6) is 0.900. The van der Waals surface area contributed by atoms with E-state index in [4.69, 9.17) is 26.4 Å². The lowest BCUT2D eigenvalue weighted by atomic mass is 10.0. The minimum absolute atomic E-state index is 0.00342. The van der Waals surface area contributed by atoms with E-state index in [9.17, 15) is 4.79 Å². The van der Waals surface area contributed by atoms with Gasteiger partial charge in [-0.3, -0.25) is 9.69 Å². The van der Waals surface area contributed by atoms with Gasteiger partial charge in [-0.1, -0.05) is 35.9 Å². The molecule has 1 saturated carbocycles. The molecule has 1 amide bonds. The third kappa shape index (κ3) is 6.25. The molecule has 1 aliphatic heterocycles. The van der Waals surface area contributed by atoms with Gasteiger partial charge in [0.25, 0.3) is 5.91 Å². The molecule has 0 bridgehead atoms. The number of aryl methyl sites for hydroxylation is 1. The van der Waals surface area contributed by atoms with E-state index in [-0.39, 0.29) is 5.91 Å². The number of ether oxygens (including phenoxy) is 1. The maximum atomic E-state index is 12.7. The van der Waals surface area contributed by atoms with Crippen LogP contribution in [0.5, 0.6) is 0 Å². The number of carbonyl (C=O) groups is 1. The molecule has 39 heavy (non-hydrogen) atoms. The van der Waals surface area contributed by atoms with Crippen LogP contribution in [-0.4, -0.2) is 70.8 Å². The molecule has 0 radical (unpaired) electrons. The summed E-state index contributed by atoms with van der Waals surface area (Å²) in [6, 6.07) is 16.3. The second kappa shape index (κ2) is 11.6. The molecule has 2 aromatic carbocycles. The van der Waals surface area contributed by atoms with Crippen LogP contribution in [0.3, 0.4) is 0 Å². The van der Waals surface area contributed by atoms with Crippen molar-refractivity contribution in [3.8, 4) is 11.1 Å². The topological polar surface area (TPSA) is 83.8 Å². The molecule has 6 rings (SSSR count). The van der Waals surface area contributed by atoms with E-state index in [0.29, 0.717) is 20.2 Å². The summed E-state index contributed by atoms with van der Waals surface area (Å²) in [7, 11) is 0.348. The summed E-state index contributed by atoms with van der Waals surface area (Å²) >= 11 is 6.26. The van der Waals surface area contributed by atoms with Crippen LogP contribution < -0.4 is 21.4 Å². The predicted molar refractivity (Wildman–Crippen MR) is 158 cm³/mol. The van der Waals surface area contributed by atoms with Gasteiger partial charge in [-0.2, -0.15) is 9.61 Å². The lowest BCUT2D eigenvalue weighted by Crippen LogP contribution is -2.39. The second-order valence-corrected chi connectivity index (χ2v) is 11.9. The molecule has 202 valence electrons. The van der Waals surface area contributed by atoms with Crippen LogP contribution in [0.25, 0.3) is 16.8 Å². The Morgan fingerprint density at radius 2 is 2.00 bits per heavy atom. The van der Waals surface area contributed by atoms with Gasteiger partial charge in [0.2, 0.25) is 0 Å². The van der Waals surface area contributed by atoms with Gasteiger partial charge in [-0.15, -0.1) is 0 Å². The van der Waals surface area contributed by atoms with E-state index in [1.807, 2.05) is 48.0 Å². The van der Waals surface area contributed by atoms with Gasteiger partial charge in [0, 0.05) is 54.4 Å². The highest BCUT2D eigenvalue weighted by molar-refractivity contribution is 7.55. The SMILES string of the molecule is Cc1cc(-c2cnn3c(NCCN4CCOCC4)cc(Pc4cccc(Cl)c4)nc23)ccc1C(=O)NC1CC1. The number of morpholine rings is 1. The molecule has 10 heteroatoms. The number of carbonyl (C=O) groups excluding carboxylic acids is 1. The van der Waals surface area contributed by atoms with Crippen LogP contribution in [-0.2, 0) is 4.74 Å².